The molecular formula is C23H25N3O3S. The van der Waals surface area contributed by atoms with Gasteiger partial charge in [-0.1, -0.05) is 44.2 Å². The Bertz CT molecular complexity index is 1070. The van der Waals surface area contributed by atoms with Gasteiger partial charge < -0.3 is 14.6 Å². The Hall–Kier alpha value is -3.19. The zero-order chi connectivity index (χ0) is 21.7. The van der Waals surface area contributed by atoms with E-state index in [2.05, 4.69) is 24.5 Å². The monoisotopic (exact) mass is 423 g/mol. The number of thiocarbonyl (C=S) groups is 1. The van der Waals surface area contributed by atoms with E-state index in [1.54, 1.807) is 10.6 Å². The molecule has 0 aliphatic rings. The number of amides is 1. The molecule has 6 nitrogen and oxygen atoms in total. The Morgan fingerprint density at radius 1 is 1.10 bits per heavy atom. The number of hydrogen-bond acceptors (Lipinski definition) is 4. The molecule has 7 heteroatoms. The number of aryl methyl sites for hydroxylation is 1. The Balaban J connectivity index is 1.46. The summed E-state index contributed by atoms with van der Waals surface area (Å²) in [4.78, 5) is 24.6. The van der Waals surface area contributed by atoms with Gasteiger partial charge in [0.25, 0.3) is 5.91 Å². The van der Waals surface area contributed by atoms with Crippen molar-refractivity contribution in [1.82, 2.24) is 15.2 Å². The summed E-state index contributed by atoms with van der Waals surface area (Å²) in [6.45, 7) is 4.13. The van der Waals surface area contributed by atoms with Gasteiger partial charge in [0.2, 0.25) is 0 Å². The van der Waals surface area contributed by atoms with Crippen molar-refractivity contribution in [2.75, 3.05) is 13.2 Å². The summed E-state index contributed by atoms with van der Waals surface area (Å²) in [5.41, 5.74) is 2.65. The molecule has 1 amide bonds. The van der Waals surface area contributed by atoms with Gasteiger partial charge in [-0.2, -0.15) is 0 Å². The Morgan fingerprint density at radius 2 is 1.80 bits per heavy atom. The molecule has 0 aliphatic heterocycles. The summed E-state index contributed by atoms with van der Waals surface area (Å²) in [5.74, 6) is 0.568. The lowest BCUT2D eigenvalue weighted by molar-refractivity contribution is -0.119. The van der Waals surface area contributed by atoms with Crippen molar-refractivity contribution in [3.63, 3.8) is 0 Å². The van der Waals surface area contributed by atoms with Crippen LogP contribution in [0.2, 0.25) is 0 Å². The van der Waals surface area contributed by atoms with Crippen molar-refractivity contribution in [3.8, 4) is 5.75 Å². The highest BCUT2D eigenvalue weighted by Gasteiger charge is 2.14. The number of nitrogens with zero attached hydrogens (tertiary/aromatic N) is 1. The number of aromatic nitrogens is 1. The average Bonchev–Trinajstić information content (AvgIpc) is 3.08. The second-order valence-electron chi connectivity index (χ2n) is 7.34. The van der Waals surface area contributed by atoms with Gasteiger partial charge in [0.05, 0.1) is 6.54 Å². The van der Waals surface area contributed by atoms with Crippen LogP contribution in [0.3, 0.4) is 0 Å². The molecule has 1 heterocycles. The minimum atomic E-state index is -0.333. The lowest BCUT2D eigenvalue weighted by atomic mass is 10.0. The number of ether oxygens (including phenoxy) is 1. The lowest BCUT2D eigenvalue weighted by Gasteiger charge is -2.11. The van der Waals surface area contributed by atoms with E-state index in [0.29, 0.717) is 17.4 Å². The van der Waals surface area contributed by atoms with Crippen LogP contribution < -0.4 is 15.4 Å². The fourth-order valence-electron chi connectivity index (χ4n) is 3.06. The first-order valence-electron chi connectivity index (χ1n) is 9.73. The molecule has 3 rings (SSSR count). The molecule has 2 N–H and O–H groups in total. The van der Waals surface area contributed by atoms with Crippen LogP contribution in [0.5, 0.6) is 5.75 Å². The summed E-state index contributed by atoms with van der Waals surface area (Å²) in [6.07, 6.45) is 0. The standard InChI is InChI=1S/C23H25N3O3S/c1-15(2)16-8-10-19(11-9-16)29-14-18(27)13-24-23(30)25-22(28)21-12-17-6-4-5-7-20(17)26(21)3/h4-12,15H,13-14H2,1-3H3,(H2,24,25,28,30). The minimum absolute atomic E-state index is 0.0295. The van der Waals surface area contributed by atoms with Crippen molar-refractivity contribution >= 4 is 39.9 Å². The number of ketones is 1. The van der Waals surface area contributed by atoms with Crippen molar-refractivity contribution in [2.45, 2.75) is 19.8 Å². The largest absolute Gasteiger partial charge is 0.486 e. The molecule has 0 unspecified atom stereocenters. The predicted molar refractivity (Wildman–Crippen MR) is 122 cm³/mol. The summed E-state index contributed by atoms with van der Waals surface area (Å²) in [5, 5.41) is 6.44. The van der Waals surface area contributed by atoms with Crippen molar-refractivity contribution in [2.24, 2.45) is 7.05 Å². The van der Waals surface area contributed by atoms with Crippen LogP contribution >= 0.6 is 12.2 Å². The topological polar surface area (TPSA) is 72.4 Å². The molecule has 0 spiro atoms. The first-order valence-corrected chi connectivity index (χ1v) is 10.1. The number of fused-ring (bicyclic) bond motifs is 1. The van der Waals surface area contributed by atoms with Gasteiger partial charge in [-0.15, -0.1) is 0 Å². The second-order valence-corrected chi connectivity index (χ2v) is 7.74. The van der Waals surface area contributed by atoms with Gasteiger partial charge in [0, 0.05) is 18.0 Å². The number of Topliss-reactive ketones (excluding diaryl/α,β-unsaturated/α-hetero) is 1. The Morgan fingerprint density at radius 3 is 2.47 bits per heavy atom. The van der Waals surface area contributed by atoms with E-state index >= 15 is 0 Å². The van der Waals surface area contributed by atoms with Crippen molar-refractivity contribution in [1.29, 1.82) is 0 Å². The molecule has 0 aliphatic carbocycles. The fourth-order valence-corrected chi connectivity index (χ4v) is 3.23. The Kier molecular flexibility index (Phi) is 6.84. The molecule has 0 saturated heterocycles. The fraction of sp³-hybridized carbons (Fsp3) is 0.261. The minimum Gasteiger partial charge on any atom is -0.486 e. The number of hydrogen-bond donors (Lipinski definition) is 2. The van der Waals surface area contributed by atoms with E-state index in [0.717, 1.165) is 10.9 Å². The normalized spacial score (nSPS) is 10.8. The van der Waals surface area contributed by atoms with Gasteiger partial charge in [-0.25, -0.2) is 0 Å². The first-order chi connectivity index (χ1) is 14.3. The van der Waals surface area contributed by atoms with Crippen LogP contribution in [0.15, 0.2) is 54.6 Å². The van der Waals surface area contributed by atoms with E-state index < -0.39 is 0 Å². The maximum Gasteiger partial charge on any atom is 0.274 e. The van der Waals surface area contributed by atoms with Crippen LogP contribution in [0.1, 0.15) is 35.8 Å². The van der Waals surface area contributed by atoms with Crippen LogP contribution in [-0.2, 0) is 11.8 Å². The molecule has 2 aromatic carbocycles. The Labute approximate surface area is 181 Å². The molecule has 1 aromatic heterocycles. The third kappa shape index (κ3) is 5.24. The number of para-hydroxylation sites is 1. The molecule has 0 radical (unpaired) electrons. The maximum absolute atomic E-state index is 12.5. The van der Waals surface area contributed by atoms with Crippen LogP contribution in [0.25, 0.3) is 10.9 Å². The second kappa shape index (κ2) is 9.54. The molecule has 30 heavy (non-hydrogen) atoms. The summed E-state index contributed by atoms with van der Waals surface area (Å²) < 4.78 is 7.31. The van der Waals surface area contributed by atoms with E-state index in [1.165, 1.54) is 5.56 Å². The number of nitrogens with one attached hydrogen (secondary N) is 2. The van der Waals surface area contributed by atoms with E-state index in [4.69, 9.17) is 17.0 Å². The van der Waals surface area contributed by atoms with Gasteiger partial charge in [-0.05, 0) is 48.0 Å². The lowest BCUT2D eigenvalue weighted by Crippen LogP contribution is -2.42. The quantitative estimate of drug-likeness (QED) is 0.569. The van der Waals surface area contributed by atoms with Crippen molar-refractivity contribution in [3.05, 3.63) is 65.9 Å². The molecule has 0 bridgehead atoms. The third-order valence-corrected chi connectivity index (χ3v) is 5.05. The predicted octanol–water partition coefficient (Wildman–Crippen LogP) is 3.55. The summed E-state index contributed by atoms with van der Waals surface area (Å²) in [7, 11) is 1.82. The van der Waals surface area contributed by atoms with Crippen molar-refractivity contribution < 1.29 is 14.3 Å². The van der Waals surface area contributed by atoms with Gasteiger partial charge in [0.15, 0.2) is 10.9 Å². The van der Waals surface area contributed by atoms with E-state index in [1.807, 2.05) is 55.6 Å². The third-order valence-electron chi connectivity index (χ3n) is 4.80. The highest BCUT2D eigenvalue weighted by Crippen LogP contribution is 2.19. The highest BCUT2D eigenvalue weighted by atomic mass is 32.1. The molecule has 0 fully saturated rings. The summed E-state index contributed by atoms with van der Waals surface area (Å²) in [6, 6.07) is 17.2. The average molecular weight is 424 g/mol. The molecule has 3 aromatic rings. The highest BCUT2D eigenvalue weighted by molar-refractivity contribution is 7.80. The maximum atomic E-state index is 12.5. The van der Waals surface area contributed by atoms with E-state index in [-0.39, 0.29) is 30.0 Å². The van der Waals surface area contributed by atoms with Gasteiger partial charge in [0.1, 0.15) is 18.1 Å². The SMILES string of the molecule is CC(C)c1ccc(OCC(=O)CNC(=S)NC(=O)c2cc3ccccc3n2C)cc1. The number of carbonyl (C=O) groups excluding carboxylic acids is 2. The smallest absolute Gasteiger partial charge is 0.274 e. The van der Waals surface area contributed by atoms with Crippen LogP contribution in [0.4, 0.5) is 0 Å². The molecule has 0 atom stereocenters. The summed E-state index contributed by atoms with van der Waals surface area (Å²) >= 11 is 5.14. The zero-order valence-corrected chi connectivity index (χ0v) is 18.1. The molecular weight excluding hydrogens is 398 g/mol. The van der Waals surface area contributed by atoms with Gasteiger partial charge in [-0.3, -0.25) is 14.9 Å². The molecule has 0 saturated carbocycles. The first kappa shape index (κ1) is 21.5. The van der Waals surface area contributed by atoms with Gasteiger partial charge >= 0.3 is 0 Å². The van der Waals surface area contributed by atoms with E-state index in [9.17, 15) is 9.59 Å². The van der Waals surface area contributed by atoms with Crippen LogP contribution in [-0.4, -0.2) is 34.5 Å². The zero-order valence-electron chi connectivity index (χ0n) is 17.3. The number of benzene rings is 2. The molecule has 156 valence electrons. The number of carbonyl (C=O) groups is 2. The van der Waals surface area contributed by atoms with Crippen LogP contribution in [0, 0.1) is 0 Å². The number of rotatable bonds is 7.